The number of anilines is 2. The first-order chi connectivity index (χ1) is 5.68. The molecule has 0 spiro atoms. The Hall–Kier alpha value is -1.36. The molecule has 0 aromatic carbocycles. The number of nitrogen functional groups attached to an aromatic ring is 1. The van der Waals surface area contributed by atoms with E-state index in [1.165, 1.54) is 0 Å². The van der Waals surface area contributed by atoms with Gasteiger partial charge in [0.05, 0.1) is 6.10 Å². The molecule has 0 amide bonds. The molecule has 1 aromatic heterocycles. The molecule has 66 valence electrons. The van der Waals surface area contributed by atoms with Gasteiger partial charge in [-0.25, -0.2) is 4.98 Å². The first-order valence-corrected chi connectivity index (χ1v) is 3.69. The smallest absolute Gasteiger partial charge is 0.221 e. The van der Waals surface area contributed by atoms with Crippen LogP contribution in [0, 0.1) is 0 Å². The molecule has 12 heavy (non-hydrogen) atoms. The van der Waals surface area contributed by atoms with Gasteiger partial charge in [-0.3, -0.25) is 0 Å². The van der Waals surface area contributed by atoms with E-state index in [4.69, 9.17) is 10.8 Å². The summed E-state index contributed by atoms with van der Waals surface area (Å²) in [5, 5.41) is 11.8. The second-order valence-electron chi connectivity index (χ2n) is 2.53. The second-order valence-corrected chi connectivity index (χ2v) is 2.53. The Labute approximate surface area is 70.6 Å². The first kappa shape index (κ1) is 8.73. The Balaban J connectivity index is 2.52. The van der Waals surface area contributed by atoms with Gasteiger partial charge in [0.15, 0.2) is 0 Å². The quantitative estimate of drug-likeness (QED) is 0.584. The lowest BCUT2D eigenvalue weighted by Crippen LogP contribution is -2.16. The summed E-state index contributed by atoms with van der Waals surface area (Å²) in [4.78, 5) is 7.62. The van der Waals surface area contributed by atoms with Crippen molar-refractivity contribution in [3.63, 3.8) is 0 Å². The van der Waals surface area contributed by atoms with Crippen LogP contribution < -0.4 is 11.1 Å². The predicted octanol–water partition coefficient (Wildman–Crippen LogP) is -0.149. The molecular formula is C7H12N4O. The van der Waals surface area contributed by atoms with Gasteiger partial charge in [-0.15, -0.1) is 0 Å². The zero-order valence-corrected chi connectivity index (χ0v) is 6.86. The number of rotatable bonds is 3. The first-order valence-electron chi connectivity index (χ1n) is 3.69. The van der Waals surface area contributed by atoms with Crippen LogP contribution in [0.4, 0.5) is 11.8 Å². The van der Waals surface area contributed by atoms with Crippen LogP contribution in [-0.4, -0.2) is 27.7 Å². The molecule has 5 heteroatoms. The number of aliphatic hydroxyl groups is 1. The zero-order chi connectivity index (χ0) is 8.97. The van der Waals surface area contributed by atoms with E-state index in [2.05, 4.69) is 15.3 Å². The molecule has 0 saturated heterocycles. The number of nitrogens with two attached hydrogens (primary N) is 1. The summed E-state index contributed by atoms with van der Waals surface area (Å²) in [5.41, 5.74) is 5.34. The third kappa shape index (κ3) is 2.71. The van der Waals surface area contributed by atoms with Crippen LogP contribution in [-0.2, 0) is 0 Å². The van der Waals surface area contributed by atoms with Crippen molar-refractivity contribution in [2.24, 2.45) is 0 Å². The molecule has 0 aliphatic rings. The minimum absolute atomic E-state index is 0.227. The lowest BCUT2D eigenvalue weighted by Gasteiger charge is -2.06. The van der Waals surface area contributed by atoms with Crippen LogP contribution in [0.3, 0.4) is 0 Å². The highest BCUT2D eigenvalue weighted by Crippen LogP contribution is 2.01. The van der Waals surface area contributed by atoms with E-state index in [1.807, 2.05) is 0 Å². The van der Waals surface area contributed by atoms with Crippen LogP contribution in [0.2, 0.25) is 0 Å². The lowest BCUT2D eigenvalue weighted by molar-refractivity contribution is 0.208. The maximum absolute atomic E-state index is 8.95. The SMILES string of the molecule is CC(O)CNc1ccnc(N)n1. The average molecular weight is 168 g/mol. The molecule has 1 aromatic rings. The van der Waals surface area contributed by atoms with Gasteiger partial charge >= 0.3 is 0 Å². The minimum atomic E-state index is -0.402. The fourth-order valence-electron chi connectivity index (χ4n) is 0.725. The molecule has 4 N–H and O–H groups in total. The van der Waals surface area contributed by atoms with Gasteiger partial charge in [-0.05, 0) is 13.0 Å². The van der Waals surface area contributed by atoms with E-state index in [0.717, 1.165) is 0 Å². The largest absolute Gasteiger partial charge is 0.392 e. The highest BCUT2D eigenvalue weighted by molar-refractivity contribution is 5.37. The van der Waals surface area contributed by atoms with E-state index in [1.54, 1.807) is 19.2 Å². The van der Waals surface area contributed by atoms with E-state index in [-0.39, 0.29) is 5.95 Å². The summed E-state index contributed by atoms with van der Waals surface area (Å²) in [6, 6.07) is 1.69. The third-order valence-corrected chi connectivity index (χ3v) is 1.25. The van der Waals surface area contributed by atoms with Gasteiger partial charge in [-0.1, -0.05) is 0 Å². The molecule has 1 heterocycles. The van der Waals surface area contributed by atoms with E-state index < -0.39 is 6.10 Å². The highest BCUT2D eigenvalue weighted by Gasteiger charge is 1.97. The summed E-state index contributed by atoms with van der Waals surface area (Å²) >= 11 is 0. The number of hydrogen-bond donors (Lipinski definition) is 3. The predicted molar refractivity (Wildman–Crippen MR) is 46.6 cm³/mol. The minimum Gasteiger partial charge on any atom is -0.392 e. The van der Waals surface area contributed by atoms with Crippen molar-refractivity contribution in [3.05, 3.63) is 12.3 Å². The zero-order valence-electron chi connectivity index (χ0n) is 6.86. The summed E-state index contributed by atoms with van der Waals surface area (Å²) < 4.78 is 0. The number of hydrogen-bond acceptors (Lipinski definition) is 5. The Bertz CT molecular complexity index is 251. The maximum Gasteiger partial charge on any atom is 0.221 e. The normalized spacial score (nSPS) is 12.5. The van der Waals surface area contributed by atoms with Crippen LogP contribution in [0.5, 0.6) is 0 Å². The molecule has 0 aliphatic carbocycles. The fraction of sp³-hybridized carbons (Fsp3) is 0.429. The molecule has 1 atom stereocenters. The van der Waals surface area contributed by atoms with E-state index in [0.29, 0.717) is 12.4 Å². The van der Waals surface area contributed by atoms with Gasteiger partial charge in [0, 0.05) is 12.7 Å². The molecule has 0 bridgehead atoms. The molecule has 0 fully saturated rings. The highest BCUT2D eigenvalue weighted by atomic mass is 16.3. The van der Waals surface area contributed by atoms with Crippen molar-refractivity contribution in [2.75, 3.05) is 17.6 Å². The van der Waals surface area contributed by atoms with Crippen molar-refractivity contribution in [1.82, 2.24) is 9.97 Å². The van der Waals surface area contributed by atoms with Crippen molar-refractivity contribution in [3.8, 4) is 0 Å². The Morgan fingerprint density at radius 2 is 2.50 bits per heavy atom. The average Bonchev–Trinajstić information content (AvgIpc) is 2.01. The Kier molecular flexibility index (Phi) is 2.82. The number of aliphatic hydroxyl groups excluding tert-OH is 1. The van der Waals surface area contributed by atoms with Gasteiger partial charge in [0.2, 0.25) is 5.95 Å². The van der Waals surface area contributed by atoms with E-state index in [9.17, 15) is 0 Å². The van der Waals surface area contributed by atoms with Crippen LogP contribution in [0.15, 0.2) is 12.3 Å². The molecule has 0 aliphatic heterocycles. The molecule has 0 radical (unpaired) electrons. The Morgan fingerprint density at radius 1 is 1.75 bits per heavy atom. The molecule has 1 unspecified atom stereocenters. The molecule has 0 saturated carbocycles. The molecule has 5 nitrogen and oxygen atoms in total. The van der Waals surface area contributed by atoms with E-state index >= 15 is 0 Å². The topological polar surface area (TPSA) is 84.1 Å². The summed E-state index contributed by atoms with van der Waals surface area (Å²) in [7, 11) is 0. The van der Waals surface area contributed by atoms with Gasteiger partial charge in [0.1, 0.15) is 5.82 Å². The van der Waals surface area contributed by atoms with Gasteiger partial charge < -0.3 is 16.2 Å². The van der Waals surface area contributed by atoms with Crippen molar-refractivity contribution >= 4 is 11.8 Å². The summed E-state index contributed by atoms with van der Waals surface area (Å²) in [5.74, 6) is 0.856. The fourth-order valence-corrected chi connectivity index (χ4v) is 0.725. The van der Waals surface area contributed by atoms with Crippen LogP contribution in [0.1, 0.15) is 6.92 Å². The standard InChI is InChI=1S/C7H12N4O/c1-5(12)4-10-6-2-3-9-7(8)11-6/h2-3,5,12H,4H2,1H3,(H3,8,9,10,11). The summed E-state index contributed by atoms with van der Waals surface area (Å²) in [6.07, 6.45) is 1.16. The second kappa shape index (κ2) is 3.87. The third-order valence-electron chi connectivity index (χ3n) is 1.25. The monoisotopic (exact) mass is 168 g/mol. The van der Waals surface area contributed by atoms with Crippen LogP contribution in [0.25, 0.3) is 0 Å². The molecular weight excluding hydrogens is 156 g/mol. The van der Waals surface area contributed by atoms with Gasteiger partial charge in [-0.2, -0.15) is 4.98 Å². The summed E-state index contributed by atoms with van der Waals surface area (Å²) in [6.45, 7) is 2.15. The van der Waals surface area contributed by atoms with Crippen molar-refractivity contribution in [2.45, 2.75) is 13.0 Å². The van der Waals surface area contributed by atoms with Gasteiger partial charge in [0.25, 0.3) is 0 Å². The van der Waals surface area contributed by atoms with Crippen LogP contribution >= 0.6 is 0 Å². The maximum atomic E-state index is 8.95. The van der Waals surface area contributed by atoms with Crippen molar-refractivity contribution < 1.29 is 5.11 Å². The number of nitrogens with zero attached hydrogens (tertiary/aromatic N) is 2. The van der Waals surface area contributed by atoms with Crippen molar-refractivity contribution in [1.29, 1.82) is 0 Å². The number of nitrogens with one attached hydrogen (secondary N) is 1. The number of aromatic nitrogens is 2. The molecule has 1 rings (SSSR count). The Morgan fingerprint density at radius 3 is 3.08 bits per heavy atom. The lowest BCUT2D eigenvalue weighted by atomic mass is 10.4.